The van der Waals surface area contributed by atoms with Crippen LogP contribution in [0.3, 0.4) is 0 Å². The van der Waals surface area contributed by atoms with Gasteiger partial charge in [0, 0.05) is 19.3 Å². The summed E-state index contributed by atoms with van der Waals surface area (Å²) in [6, 6.07) is 1.98. The van der Waals surface area contributed by atoms with Gasteiger partial charge >= 0.3 is 0 Å². The van der Waals surface area contributed by atoms with Gasteiger partial charge in [-0.3, -0.25) is 4.79 Å². The molecule has 1 aromatic rings. The van der Waals surface area contributed by atoms with Crippen molar-refractivity contribution in [2.45, 2.75) is 32.2 Å². The van der Waals surface area contributed by atoms with Gasteiger partial charge in [0.05, 0.1) is 5.02 Å². The first-order valence-corrected chi connectivity index (χ1v) is 7.59. The van der Waals surface area contributed by atoms with Crippen molar-refractivity contribution in [3.8, 4) is 0 Å². The summed E-state index contributed by atoms with van der Waals surface area (Å²) in [6.07, 6.45) is 2.99. The van der Waals surface area contributed by atoms with E-state index in [1.807, 2.05) is 5.38 Å². The van der Waals surface area contributed by atoms with Crippen LogP contribution in [0, 0.1) is 5.92 Å². The molecule has 0 bridgehead atoms. The lowest BCUT2D eigenvalue weighted by atomic mass is 9.90. The van der Waals surface area contributed by atoms with Crippen LogP contribution in [0.5, 0.6) is 0 Å². The Morgan fingerprint density at radius 3 is 2.89 bits per heavy atom. The van der Waals surface area contributed by atoms with E-state index in [-0.39, 0.29) is 11.9 Å². The molecule has 5 heteroatoms. The molecule has 1 aliphatic heterocycles. The summed E-state index contributed by atoms with van der Waals surface area (Å²) in [5.74, 6) is 0.472. The van der Waals surface area contributed by atoms with Gasteiger partial charge < -0.3 is 10.1 Å². The predicted molar refractivity (Wildman–Crippen MR) is 74.4 cm³/mol. The Kier molecular flexibility index (Phi) is 5.03. The second kappa shape index (κ2) is 6.55. The molecule has 0 spiro atoms. The number of rotatable bonds is 4. The minimum absolute atomic E-state index is 0.0478. The molecular formula is C13H18ClNO2S. The van der Waals surface area contributed by atoms with Crippen LogP contribution in [0.4, 0.5) is 0 Å². The summed E-state index contributed by atoms with van der Waals surface area (Å²) in [5.41, 5.74) is 0. The Bertz CT molecular complexity index is 401. The van der Waals surface area contributed by atoms with Crippen LogP contribution in [-0.2, 0) is 4.74 Å². The van der Waals surface area contributed by atoms with E-state index in [2.05, 4.69) is 12.2 Å². The van der Waals surface area contributed by atoms with Crippen molar-refractivity contribution in [1.29, 1.82) is 0 Å². The molecule has 100 valence electrons. The highest BCUT2D eigenvalue weighted by atomic mass is 35.5. The summed E-state index contributed by atoms with van der Waals surface area (Å²) in [7, 11) is 0. The maximum absolute atomic E-state index is 12.1. The Morgan fingerprint density at radius 1 is 1.61 bits per heavy atom. The van der Waals surface area contributed by atoms with Crippen LogP contribution >= 0.6 is 22.9 Å². The molecule has 3 nitrogen and oxygen atoms in total. The zero-order valence-corrected chi connectivity index (χ0v) is 12.0. The molecule has 1 aromatic heterocycles. The van der Waals surface area contributed by atoms with Crippen molar-refractivity contribution < 1.29 is 9.53 Å². The van der Waals surface area contributed by atoms with Gasteiger partial charge in [-0.05, 0) is 36.6 Å². The molecule has 18 heavy (non-hydrogen) atoms. The smallest absolute Gasteiger partial charge is 0.263 e. The third-order valence-corrected chi connectivity index (χ3v) is 4.75. The van der Waals surface area contributed by atoms with E-state index < -0.39 is 0 Å². The average Bonchev–Trinajstić information content (AvgIpc) is 2.83. The number of carbonyl (C=O) groups is 1. The summed E-state index contributed by atoms with van der Waals surface area (Å²) >= 11 is 7.36. The van der Waals surface area contributed by atoms with Crippen molar-refractivity contribution >= 4 is 28.8 Å². The number of hydrogen-bond acceptors (Lipinski definition) is 3. The molecule has 1 saturated heterocycles. The summed E-state index contributed by atoms with van der Waals surface area (Å²) in [5, 5.41) is 5.49. The molecule has 2 heterocycles. The molecule has 0 radical (unpaired) electrons. The van der Waals surface area contributed by atoms with Crippen LogP contribution in [0.2, 0.25) is 5.02 Å². The highest BCUT2D eigenvalue weighted by Crippen LogP contribution is 2.24. The monoisotopic (exact) mass is 287 g/mol. The fraction of sp³-hybridized carbons (Fsp3) is 0.615. The SMILES string of the molecule is CC[C@H](NC(=O)c1sccc1Cl)C1CCOCC1. The molecule has 1 fully saturated rings. The fourth-order valence-electron chi connectivity index (χ4n) is 2.36. The standard InChI is InChI=1S/C13H18ClNO2S/c1-2-11(9-3-6-17-7-4-9)15-13(16)12-10(14)5-8-18-12/h5,8-9,11H,2-4,6-7H2,1H3,(H,15,16)/t11-/m0/s1. The highest BCUT2D eigenvalue weighted by Gasteiger charge is 2.25. The molecule has 2 rings (SSSR count). The van der Waals surface area contributed by atoms with E-state index in [0.29, 0.717) is 15.8 Å². The average molecular weight is 288 g/mol. The maximum Gasteiger partial charge on any atom is 0.263 e. The number of ether oxygens (including phenoxy) is 1. The number of nitrogens with one attached hydrogen (secondary N) is 1. The molecule has 1 amide bonds. The fourth-order valence-corrected chi connectivity index (χ4v) is 3.41. The quantitative estimate of drug-likeness (QED) is 0.922. The van der Waals surface area contributed by atoms with Crippen molar-refractivity contribution in [2.24, 2.45) is 5.92 Å². The Balaban J connectivity index is 1.97. The van der Waals surface area contributed by atoms with Crippen molar-refractivity contribution in [3.05, 3.63) is 21.3 Å². The summed E-state index contributed by atoms with van der Waals surface area (Å²) in [6.45, 7) is 3.71. The Morgan fingerprint density at radius 2 is 2.33 bits per heavy atom. The molecule has 0 aromatic carbocycles. The highest BCUT2D eigenvalue weighted by molar-refractivity contribution is 7.12. The largest absolute Gasteiger partial charge is 0.381 e. The molecule has 1 N–H and O–H groups in total. The van der Waals surface area contributed by atoms with Gasteiger partial charge in [0.1, 0.15) is 4.88 Å². The second-order valence-corrected chi connectivity index (χ2v) is 5.86. The van der Waals surface area contributed by atoms with Gasteiger partial charge in [-0.2, -0.15) is 0 Å². The van der Waals surface area contributed by atoms with Gasteiger partial charge in [0.2, 0.25) is 0 Å². The maximum atomic E-state index is 12.1. The van der Waals surface area contributed by atoms with Crippen molar-refractivity contribution in [1.82, 2.24) is 5.32 Å². The normalized spacial score (nSPS) is 18.6. The van der Waals surface area contributed by atoms with Gasteiger partial charge in [0.15, 0.2) is 0 Å². The number of halogens is 1. The molecule has 0 unspecified atom stereocenters. The zero-order chi connectivity index (χ0) is 13.0. The second-order valence-electron chi connectivity index (χ2n) is 4.54. The molecule has 0 aliphatic carbocycles. The van der Waals surface area contributed by atoms with Crippen LogP contribution in [0.15, 0.2) is 11.4 Å². The topological polar surface area (TPSA) is 38.3 Å². The summed E-state index contributed by atoms with van der Waals surface area (Å²) < 4.78 is 5.36. The number of thiophene rings is 1. The first kappa shape index (κ1) is 13.8. The van der Waals surface area contributed by atoms with Gasteiger partial charge in [0.25, 0.3) is 5.91 Å². The lowest BCUT2D eigenvalue weighted by molar-refractivity contribution is 0.0511. The van der Waals surface area contributed by atoms with E-state index in [4.69, 9.17) is 16.3 Å². The van der Waals surface area contributed by atoms with Gasteiger partial charge in [-0.15, -0.1) is 11.3 Å². The van der Waals surface area contributed by atoms with Crippen LogP contribution in [-0.4, -0.2) is 25.2 Å². The first-order valence-electron chi connectivity index (χ1n) is 6.34. The van der Waals surface area contributed by atoms with Gasteiger partial charge in [-0.25, -0.2) is 0 Å². The van der Waals surface area contributed by atoms with Crippen LogP contribution in [0.1, 0.15) is 35.9 Å². The predicted octanol–water partition coefficient (Wildman–Crippen LogP) is 3.34. The van der Waals surface area contributed by atoms with E-state index >= 15 is 0 Å². The van der Waals surface area contributed by atoms with Crippen molar-refractivity contribution in [2.75, 3.05) is 13.2 Å². The number of hydrogen-bond donors (Lipinski definition) is 1. The van der Waals surface area contributed by atoms with E-state index in [1.54, 1.807) is 6.07 Å². The van der Waals surface area contributed by atoms with E-state index in [9.17, 15) is 4.79 Å². The minimum atomic E-state index is -0.0478. The number of amides is 1. The third kappa shape index (κ3) is 3.25. The molecule has 1 atom stereocenters. The van der Waals surface area contributed by atoms with Gasteiger partial charge in [-0.1, -0.05) is 18.5 Å². The van der Waals surface area contributed by atoms with Crippen LogP contribution < -0.4 is 5.32 Å². The third-order valence-electron chi connectivity index (χ3n) is 3.41. The minimum Gasteiger partial charge on any atom is -0.381 e. The van der Waals surface area contributed by atoms with E-state index in [1.165, 1.54) is 11.3 Å². The van der Waals surface area contributed by atoms with Crippen LogP contribution in [0.25, 0.3) is 0 Å². The first-order chi connectivity index (χ1) is 8.72. The van der Waals surface area contributed by atoms with Crippen molar-refractivity contribution in [3.63, 3.8) is 0 Å². The lowest BCUT2D eigenvalue weighted by Gasteiger charge is -2.30. The number of carbonyl (C=O) groups excluding carboxylic acids is 1. The van der Waals surface area contributed by atoms with E-state index in [0.717, 1.165) is 32.5 Å². The lowest BCUT2D eigenvalue weighted by Crippen LogP contribution is -2.41. The summed E-state index contributed by atoms with van der Waals surface area (Å²) in [4.78, 5) is 12.7. The molecule has 1 aliphatic rings. The Hall–Kier alpha value is -0.580. The zero-order valence-electron chi connectivity index (χ0n) is 10.4. The molecule has 0 saturated carbocycles. The molecular weight excluding hydrogens is 270 g/mol. The Labute approximate surface area is 116 Å².